The van der Waals surface area contributed by atoms with Crippen molar-refractivity contribution in [3.05, 3.63) is 27.7 Å². The lowest BCUT2D eigenvalue weighted by atomic mass is 9.88. The minimum atomic E-state index is 0.422. The first-order chi connectivity index (χ1) is 7.96. The molecule has 0 aliphatic carbocycles. The van der Waals surface area contributed by atoms with Gasteiger partial charge in [0, 0.05) is 21.3 Å². The van der Waals surface area contributed by atoms with E-state index in [1.807, 2.05) is 30.0 Å². The fourth-order valence-electron chi connectivity index (χ4n) is 2.18. The molecular weight excluding hydrogens is 318 g/mol. The second-order valence-corrected chi connectivity index (χ2v) is 7.67. The Bertz CT molecular complexity index is 408. The first-order valence-corrected chi connectivity index (χ1v) is 8.08. The molecule has 0 radical (unpaired) electrons. The van der Waals surface area contributed by atoms with E-state index in [2.05, 4.69) is 35.1 Å². The predicted molar refractivity (Wildman–Crippen MR) is 82.3 cm³/mol. The fraction of sp³-hybridized carbons (Fsp3) is 0.538. The highest BCUT2D eigenvalue weighted by atomic mass is 79.9. The average molecular weight is 335 g/mol. The molecule has 0 amide bonds. The van der Waals surface area contributed by atoms with Gasteiger partial charge in [-0.1, -0.05) is 25.4 Å². The minimum Gasteiger partial charge on any atom is -0.381 e. The van der Waals surface area contributed by atoms with Crippen LogP contribution in [0.1, 0.15) is 20.3 Å². The van der Waals surface area contributed by atoms with Crippen LogP contribution in [0.25, 0.3) is 0 Å². The molecule has 1 aliphatic heterocycles. The van der Waals surface area contributed by atoms with Gasteiger partial charge in [-0.05, 0) is 51.7 Å². The van der Waals surface area contributed by atoms with E-state index in [-0.39, 0.29) is 0 Å². The Morgan fingerprint density at radius 2 is 2.24 bits per heavy atom. The number of halogens is 2. The van der Waals surface area contributed by atoms with Gasteiger partial charge >= 0.3 is 0 Å². The third kappa shape index (κ3) is 3.80. The quantitative estimate of drug-likeness (QED) is 0.812. The van der Waals surface area contributed by atoms with Gasteiger partial charge in [-0.3, -0.25) is 0 Å². The summed E-state index contributed by atoms with van der Waals surface area (Å²) in [5, 5.41) is 4.37. The molecule has 1 heterocycles. The minimum absolute atomic E-state index is 0.422. The largest absolute Gasteiger partial charge is 0.381 e. The van der Waals surface area contributed by atoms with E-state index in [9.17, 15) is 0 Å². The van der Waals surface area contributed by atoms with Gasteiger partial charge in [0.2, 0.25) is 0 Å². The van der Waals surface area contributed by atoms with Crippen LogP contribution in [0.5, 0.6) is 0 Å². The van der Waals surface area contributed by atoms with E-state index in [4.69, 9.17) is 11.6 Å². The summed E-state index contributed by atoms with van der Waals surface area (Å²) in [6.45, 7) is 4.67. The smallest absolute Gasteiger partial charge is 0.0501 e. The van der Waals surface area contributed by atoms with E-state index in [0.717, 1.165) is 15.2 Å². The maximum atomic E-state index is 6.02. The van der Waals surface area contributed by atoms with Crippen molar-refractivity contribution >= 4 is 45.0 Å². The second-order valence-electron chi connectivity index (χ2n) is 5.35. The highest BCUT2D eigenvalue weighted by molar-refractivity contribution is 9.10. The topological polar surface area (TPSA) is 12.0 Å². The Kier molecular flexibility index (Phi) is 4.32. The monoisotopic (exact) mass is 333 g/mol. The molecule has 0 aromatic heterocycles. The second kappa shape index (κ2) is 5.41. The van der Waals surface area contributed by atoms with Gasteiger partial charge in [-0.15, -0.1) is 0 Å². The van der Waals surface area contributed by atoms with Crippen LogP contribution in [0.15, 0.2) is 22.7 Å². The number of thioether (sulfide) groups is 1. The lowest BCUT2D eigenvalue weighted by Gasteiger charge is -2.35. The number of nitrogens with one attached hydrogen (secondary N) is 1. The molecule has 0 spiro atoms. The van der Waals surface area contributed by atoms with Gasteiger partial charge in [0.05, 0.1) is 5.69 Å². The summed E-state index contributed by atoms with van der Waals surface area (Å²) in [6.07, 6.45) is 1.21. The molecule has 1 aromatic carbocycles. The summed E-state index contributed by atoms with van der Waals surface area (Å²) < 4.78 is 1.08. The van der Waals surface area contributed by atoms with Crippen molar-refractivity contribution in [1.82, 2.24) is 0 Å². The van der Waals surface area contributed by atoms with Crippen LogP contribution in [0.2, 0.25) is 5.02 Å². The Morgan fingerprint density at radius 1 is 1.47 bits per heavy atom. The van der Waals surface area contributed by atoms with E-state index >= 15 is 0 Å². The van der Waals surface area contributed by atoms with Crippen molar-refractivity contribution in [1.29, 1.82) is 0 Å². The highest BCUT2D eigenvalue weighted by Crippen LogP contribution is 2.36. The molecule has 1 N–H and O–H groups in total. The van der Waals surface area contributed by atoms with Crippen LogP contribution in [0.4, 0.5) is 5.69 Å². The number of rotatable bonds is 2. The Hall–Kier alpha value is 0.140. The Labute approximate surface area is 121 Å². The van der Waals surface area contributed by atoms with Crippen molar-refractivity contribution in [3.8, 4) is 0 Å². The standard InChI is InChI=1S/C13H17BrClNS/c1-13(2)6-10(7-17-8-13)16-12-5-9(15)3-4-11(12)14/h3-5,10,16H,6-8H2,1-2H3. The van der Waals surface area contributed by atoms with E-state index in [0.29, 0.717) is 11.5 Å². The maximum absolute atomic E-state index is 6.02. The van der Waals surface area contributed by atoms with Crippen molar-refractivity contribution < 1.29 is 0 Å². The first kappa shape index (κ1) is 13.6. The molecule has 1 aromatic rings. The molecule has 1 saturated heterocycles. The van der Waals surface area contributed by atoms with Gasteiger partial charge in [0.25, 0.3) is 0 Å². The lowest BCUT2D eigenvalue weighted by molar-refractivity contribution is 0.358. The molecule has 1 atom stereocenters. The summed E-state index contributed by atoms with van der Waals surface area (Å²) in [5.41, 5.74) is 1.52. The van der Waals surface area contributed by atoms with E-state index < -0.39 is 0 Å². The van der Waals surface area contributed by atoms with Crippen molar-refractivity contribution in [2.24, 2.45) is 5.41 Å². The molecule has 2 rings (SSSR count). The summed E-state index contributed by atoms with van der Waals surface area (Å²) in [4.78, 5) is 0. The van der Waals surface area contributed by atoms with Crippen molar-refractivity contribution in [3.63, 3.8) is 0 Å². The molecule has 1 aliphatic rings. The zero-order valence-corrected chi connectivity index (χ0v) is 13.3. The van der Waals surface area contributed by atoms with Gasteiger partial charge in [0.15, 0.2) is 0 Å². The molecular formula is C13H17BrClNS. The van der Waals surface area contributed by atoms with Gasteiger partial charge in [-0.25, -0.2) is 0 Å². The molecule has 1 nitrogen and oxygen atoms in total. The highest BCUT2D eigenvalue weighted by Gasteiger charge is 2.28. The number of anilines is 1. The molecule has 0 saturated carbocycles. The van der Waals surface area contributed by atoms with Gasteiger partial charge in [0.1, 0.15) is 0 Å². The zero-order valence-electron chi connectivity index (χ0n) is 10.1. The van der Waals surface area contributed by atoms with E-state index in [1.54, 1.807) is 0 Å². The molecule has 94 valence electrons. The SMILES string of the molecule is CC1(C)CSCC(Nc2cc(Cl)ccc2Br)C1. The Balaban J connectivity index is 2.07. The number of benzene rings is 1. The summed E-state index contributed by atoms with van der Waals surface area (Å²) >= 11 is 11.6. The zero-order chi connectivity index (χ0) is 12.5. The average Bonchev–Trinajstić information content (AvgIpc) is 2.22. The first-order valence-electron chi connectivity index (χ1n) is 5.76. The van der Waals surface area contributed by atoms with Crippen molar-refractivity contribution in [2.75, 3.05) is 16.8 Å². The number of hydrogen-bond acceptors (Lipinski definition) is 2. The van der Waals surface area contributed by atoms with Gasteiger partial charge < -0.3 is 5.32 Å². The van der Waals surface area contributed by atoms with Crippen LogP contribution in [0.3, 0.4) is 0 Å². The van der Waals surface area contributed by atoms with Crippen LogP contribution < -0.4 is 5.32 Å². The van der Waals surface area contributed by atoms with Crippen LogP contribution in [0, 0.1) is 5.41 Å². The van der Waals surface area contributed by atoms with Gasteiger partial charge in [-0.2, -0.15) is 11.8 Å². The molecule has 1 fully saturated rings. The fourth-order valence-corrected chi connectivity index (χ4v) is 3.99. The van der Waals surface area contributed by atoms with Crippen molar-refractivity contribution in [2.45, 2.75) is 26.3 Å². The van der Waals surface area contributed by atoms with E-state index in [1.165, 1.54) is 17.9 Å². The van der Waals surface area contributed by atoms with Crippen LogP contribution in [-0.4, -0.2) is 17.5 Å². The third-order valence-electron chi connectivity index (χ3n) is 2.90. The summed E-state index contributed by atoms with van der Waals surface area (Å²) in [6, 6.07) is 6.40. The summed E-state index contributed by atoms with van der Waals surface area (Å²) in [5.74, 6) is 2.42. The lowest BCUT2D eigenvalue weighted by Crippen LogP contribution is -2.35. The molecule has 1 unspecified atom stereocenters. The normalized spacial score (nSPS) is 23.4. The predicted octanol–water partition coefficient (Wildman–Crippen LogP) is 5.05. The van der Waals surface area contributed by atoms with Crippen LogP contribution in [-0.2, 0) is 0 Å². The van der Waals surface area contributed by atoms with Crippen LogP contribution >= 0.6 is 39.3 Å². The maximum Gasteiger partial charge on any atom is 0.0501 e. The Morgan fingerprint density at radius 3 is 2.94 bits per heavy atom. The molecule has 4 heteroatoms. The molecule has 17 heavy (non-hydrogen) atoms. The third-order valence-corrected chi connectivity index (χ3v) is 5.45. The summed E-state index contributed by atoms with van der Waals surface area (Å²) in [7, 11) is 0. The number of hydrogen-bond donors (Lipinski definition) is 1. The molecule has 0 bridgehead atoms.